The first kappa shape index (κ1) is 12.3. The Bertz CT molecular complexity index is 479. The third-order valence-electron chi connectivity index (χ3n) is 3.13. The van der Waals surface area contributed by atoms with Gasteiger partial charge in [-0.15, -0.1) is 11.3 Å². The summed E-state index contributed by atoms with van der Waals surface area (Å²) in [4.78, 5) is 1.41. The van der Waals surface area contributed by atoms with Crippen molar-refractivity contribution in [2.45, 2.75) is 25.8 Å². The highest BCUT2D eigenvalue weighted by molar-refractivity contribution is 7.19. The van der Waals surface area contributed by atoms with Crippen molar-refractivity contribution in [3.8, 4) is 0 Å². The molecule has 1 atom stereocenters. The van der Waals surface area contributed by atoms with Gasteiger partial charge < -0.3 is 5.32 Å². The predicted octanol–water partition coefficient (Wildman–Crippen LogP) is 4.52. The Balaban J connectivity index is 2.27. The Kier molecular flexibility index (Phi) is 3.97. The first-order chi connectivity index (χ1) is 8.24. The van der Waals surface area contributed by atoms with Crippen LogP contribution in [0.15, 0.2) is 42.5 Å². The number of hydrogen-bond donors (Lipinski definition) is 1. The van der Waals surface area contributed by atoms with Gasteiger partial charge in [0.15, 0.2) is 0 Å². The van der Waals surface area contributed by atoms with E-state index < -0.39 is 0 Å². The fourth-order valence-electron chi connectivity index (χ4n) is 1.95. The van der Waals surface area contributed by atoms with Crippen molar-refractivity contribution >= 4 is 21.4 Å². The molecule has 1 nitrogen and oxygen atoms in total. The van der Waals surface area contributed by atoms with Crippen molar-refractivity contribution in [1.29, 1.82) is 0 Å². The van der Waals surface area contributed by atoms with Crippen LogP contribution in [0.2, 0.25) is 0 Å². The number of hydrogen-bond acceptors (Lipinski definition) is 2. The lowest BCUT2D eigenvalue weighted by atomic mass is 10.0. The average Bonchev–Trinajstić information content (AvgIpc) is 2.78. The Labute approximate surface area is 107 Å². The molecular formula is C15H19NS. The van der Waals surface area contributed by atoms with Crippen LogP contribution in [0.25, 0.3) is 10.1 Å². The normalized spacial score (nSPS) is 12.8. The zero-order valence-corrected chi connectivity index (χ0v) is 11.3. The molecule has 0 aliphatic heterocycles. The van der Waals surface area contributed by atoms with E-state index in [1.165, 1.54) is 20.5 Å². The van der Waals surface area contributed by atoms with Crippen molar-refractivity contribution in [3.05, 3.63) is 47.4 Å². The molecule has 90 valence electrons. The Hall–Kier alpha value is -1.12. The maximum atomic E-state index is 4.10. The summed E-state index contributed by atoms with van der Waals surface area (Å²) in [5.74, 6) is 0. The molecule has 0 saturated carbocycles. The third-order valence-corrected chi connectivity index (χ3v) is 4.36. The summed E-state index contributed by atoms with van der Waals surface area (Å²) in [6.07, 6.45) is 2.09. The standard InChI is InChI=1S/C15H19NS/c1-4-11(2)9-13(16-3)15-10-12-7-5-6-8-14(12)17-15/h5-8,10,13,16H,2,4,9H2,1,3H3. The van der Waals surface area contributed by atoms with Gasteiger partial charge in [0, 0.05) is 15.6 Å². The van der Waals surface area contributed by atoms with Crippen LogP contribution in [0.5, 0.6) is 0 Å². The van der Waals surface area contributed by atoms with Crippen LogP contribution in [-0.4, -0.2) is 7.05 Å². The zero-order valence-electron chi connectivity index (χ0n) is 10.5. The van der Waals surface area contributed by atoms with Gasteiger partial charge in [0.1, 0.15) is 0 Å². The highest BCUT2D eigenvalue weighted by Gasteiger charge is 2.13. The van der Waals surface area contributed by atoms with Crippen LogP contribution < -0.4 is 5.32 Å². The molecule has 2 heteroatoms. The van der Waals surface area contributed by atoms with Gasteiger partial charge in [0.2, 0.25) is 0 Å². The first-order valence-corrected chi connectivity index (χ1v) is 6.88. The van der Waals surface area contributed by atoms with Crippen LogP contribution in [0.4, 0.5) is 0 Å². The van der Waals surface area contributed by atoms with Gasteiger partial charge in [-0.1, -0.05) is 37.3 Å². The molecule has 0 aliphatic rings. The molecule has 1 aromatic carbocycles. The first-order valence-electron chi connectivity index (χ1n) is 6.07. The molecule has 0 radical (unpaired) electrons. The lowest BCUT2D eigenvalue weighted by Gasteiger charge is -2.15. The van der Waals surface area contributed by atoms with Gasteiger partial charge >= 0.3 is 0 Å². The van der Waals surface area contributed by atoms with E-state index >= 15 is 0 Å². The van der Waals surface area contributed by atoms with E-state index in [9.17, 15) is 0 Å². The molecular weight excluding hydrogens is 226 g/mol. The van der Waals surface area contributed by atoms with E-state index in [1.807, 2.05) is 18.4 Å². The Morgan fingerprint density at radius 3 is 2.82 bits per heavy atom. The lowest BCUT2D eigenvalue weighted by molar-refractivity contribution is 0.592. The van der Waals surface area contributed by atoms with Crippen molar-refractivity contribution in [3.63, 3.8) is 0 Å². The van der Waals surface area contributed by atoms with Crippen molar-refractivity contribution in [2.24, 2.45) is 0 Å². The third kappa shape index (κ3) is 2.76. The van der Waals surface area contributed by atoms with Gasteiger partial charge in [0.05, 0.1) is 0 Å². The smallest absolute Gasteiger partial charge is 0.0450 e. The fourth-order valence-corrected chi connectivity index (χ4v) is 3.13. The molecule has 2 rings (SSSR count). The fraction of sp³-hybridized carbons (Fsp3) is 0.333. The van der Waals surface area contributed by atoms with Gasteiger partial charge in [-0.2, -0.15) is 0 Å². The highest BCUT2D eigenvalue weighted by Crippen LogP contribution is 2.32. The second-order valence-corrected chi connectivity index (χ2v) is 5.45. The summed E-state index contributed by atoms with van der Waals surface area (Å²) in [6.45, 7) is 6.27. The van der Waals surface area contributed by atoms with E-state index in [-0.39, 0.29) is 0 Å². The molecule has 0 spiro atoms. The molecule has 0 aliphatic carbocycles. The summed E-state index contributed by atoms with van der Waals surface area (Å²) in [5, 5.41) is 4.74. The van der Waals surface area contributed by atoms with Crippen molar-refractivity contribution < 1.29 is 0 Å². The van der Waals surface area contributed by atoms with Crippen molar-refractivity contribution in [1.82, 2.24) is 5.32 Å². The zero-order chi connectivity index (χ0) is 12.3. The Morgan fingerprint density at radius 1 is 1.41 bits per heavy atom. The summed E-state index contributed by atoms with van der Waals surface area (Å²) < 4.78 is 1.37. The topological polar surface area (TPSA) is 12.0 Å². The van der Waals surface area contributed by atoms with E-state index in [2.05, 4.69) is 49.2 Å². The number of nitrogens with one attached hydrogen (secondary N) is 1. The number of benzene rings is 1. The van der Waals surface area contributed by atoms with Gasteiger partial charge in [0.25, 0.3) is 0 Å². The molecule has 17 heavy (non-hydrogen) atoms. The molecule has 0 saturated heterocycles. The molecule has 1 unspecified atom stereocenters. The highest BCUT2D eigenvalue weighted by atomic mass is 32.1. The minimum absolute atomic E-state index is 0.403. The minimum atomic E-state index is 0.403. The average molecular weight is 245 g/mol. The van der Waals surface area contributed by atoms with E-state index in [0.29, 0.717) is 6.04 Å². The molecule has 0 fully saturated rings. The van der Waals surface area contributed by atoms with Gasteiger partial charge in [-0.3, -0.25) is 0 Å². The van der Waals surface area contributed by atoms with Gasteiger partial charge in [-0.25, -0.2) is 0 Å². The lowest BCUT2D eigenvalue weighted by Crippen LogP contribution is -2.15. The molecule has 1 N–H and O–H groups in total. The molecule has 2 aromatic rings. The van der Waals surface area contributed by atoms with Crippen LogP contribution in [-0.2, 0) is 0 Å². The van der Waals surface area contributed by atoms with Crippen molar-refractivity contribution in [2.75, 3.05) is 7.05 Å². The molecule has 0 bridgehead atoms. The second-order valence-electron chi connectivity index (χ2n) is 4.34. The maximum absolute atomic E-state index is 4.10. The SMILES string of the molecule is C=C(CC)CC(NC)c1cc2ccccc2s1. The van der Waals surface area contributed by atoms with Gasteiger partial charge in [-0.05, 0) is 37.4 Å². The van der Waals surface area contributed by atoms with E-state index in [0.717, 1.165) is 12.8 Å². The quantitative estimate of drug-likeness (QED) is 0.764. The van der Waals surface area contributed by atoms with Crippen LogP contribution in [0.1, 0.15) is 30.7 Å². The van der Waals surface area contributed by atoms with Crippen LogP contribution >= 0.6 is 11.3 Å². The Morgan fingerprint density at radius 2 is 2.18 bits per heavy atom. The van der Waals surface area contributed by atoms with Crippen LogP contribution in [0, 0.1) is 0 Å². The summed E-state index contributed by atoms with van der Waals surface area (Å²) in [7, 11) is 2.03. The number of thiophene rings is 1. The molecule has 0 amide bonds. The maximum Gasteiger partial charge on any atom is 0.0450 e. The summed E-state index contributed by atoms with van der Waals surface area (Å²) >= 11 is 1.88. The van der Waals surface area contributed by atoms with E-state index in [4.69, 9.17) is 0 Å². The molecule has 1 aromatic heterocycles. The monoisotopic (exact) mass is 245 g/mol. The predicted molar refractivity (Wildman–Crippen MR) is 77.7 cm³/mol. The second kappa shape index (κ2) is 5.48. The number of fused-ring (bicyclic) bond motifs is 1. The number of rotatable bonds is 5. The summed E-state index contributed by atoms with van der Waals surface area (Å²) in [6, 6.07) is 11.3. The minimum Gasteiger partial charge on any atom is -0.312 e. The largest absolute Gasteiger partial charge is 0.312 e. The summed E-state index contributed by atoms with van der Waals surface area (Å²) in [5.41, 5.74) is 1.31. The van der Waals surface area contributed by atoms with Crippen LogP contribution in [0.3, 0.4) is 0 Å². The van der Waals surface area contributed by atoms with E-state index in [1.54, 1.807) is 0 Å². The molecule has 1 heterocycles.